The predicted octanol–water partition coefficient (Wildman–Crippen LogP) is 5.13. The van der Waals surface area contributed by atoms with E-state index in [2.05, 4.69) is 15.5 Å². The summed E-state index contributed by atoms with van der Waals surface area (Å²) in [5.41, 5.74) is 3.45. The molecule has 2 aromatic carbocycles. The van der Waals surface area contributed by atoms with Gasteiger partial charge in [-0.15, -0.1) is 0 Å². The normalized spacial score (nSPS) is 12.2. The Morgan fingerprint density at radius 2 is 1.81 bits per heavy atom. The van der Waals surface area contributed by atoms with Gasteiger partial charge in [-0.05, 0) is 43.5 Å². The van der Waals surface area contributed by atoms with Crippen LogP contribution in [0, 0.1) is 19.8 Å². The van der Waals surface area contributed by atoms with E-state index in [0.717, 1.165) is 16.7 Å². The van der Waals surface area contributed by atoms with Crippen molar-refractivity contribution < 1.29 is 9.32 Å². The highest BCUT2D eigenvalue weighted by molar-refractivity contribution is 6.31. The largest absolute Gasteiger partial charge is 0.340 e. The molecule has 1 heterocycles. The molecule has 140 valence electrons. The third-order valence-electron chi connectivity index (χ3n) is 4.40. The van der Waals surface area contributed by atoms with Crippen molar-refractivity contribution in [1.82, 2.24) is 15.5 Å². The zero-order chi connectivity index (χ0) is 19.6. The lowest BCUT2D eigenvalue weighted by atomic mass is 10.0. The third kappa shape index (κ3) is 4.37. The lowest BCUT2D eigenvalue weighted by Crippen LogP contribution is -2.32. The summed E-state index contributed by atoms with van der Waals surface area (Å²) in [4.78, 5) is 17.1. The van der Waals surface area contributed by atoms with Crippen LogP contribution in [0.25, 0.3) is 11.4 Å². The summed E-state index contributed by atoms with van der Waals surface area (Å²) in [6, 6.07) is 12.6. The lowest BCUT2D eigenvalue weighted by molar-refractivity contribution is 0.0914. The van der Waals surface area contributed by atoms with Crippen LogP contribution in [0.3, 0.4) is 0 Å². The van der Waals surface area contributed by atoms with Gasteiger partial charge >= 0.3 is 0 Å². The molecular weight excluding hydrogens is 362 g/mol. The molecule has 0 aliphatic rings. The molecule has 1 aromatic heterocycles. The van der Waals surface area contributed by atoms with E-state index >= 15 is 0 Å². The highest BCUT2D eigenvalue weighted by Gasteiger charge is 2.25. The molecule has 3 rings (SSSR count). The Labute approximate surface area is 163 Å². The first-order valence-electron chi connectivity index (χ1n) is 8.83. The minimum atomic E-state index is -0.388. The monoisotopic (exact) mass is 383 g/mol. The van der Waals surface area contributed by atoms with Crippen molar-refractivity contribution in [2.24, 2.45) is 5.92 Å². The van der Waals surface area contributed by atoms with Crippen molar-refractivity contribution >= 4 is 17.5 Å². The van der Waals surface area contributed by atoms with Crippen LogP contribution in [-0.2, 0) is 0 Å². The number of aromatic nitrogens is 2. The molecule has 0 bridgehead atoms. The van der Waals surface area contributed by atoms with E-state index in [4.69, 9.17) is 16.1 Å². The van der Waals surface area contributed by atoms with Crippen LogP contribution in [-0.4, -0.2) is 16.0 Å². The van der Waals surface area contributed by atoms with Gasteiger partial charge in [-0.2, -0.15) is 4.98 Å². The number of hydrogen-bond donors (Lipinski definition) is 1. The van der Waals surface area contributed by atoms with Gasteiger partial charge in [-0.3, -0.25) is 4.79 Å². The van der Waals surface area contributed by atoms with Gasteiger partial charge in [0.15, 0.2) is 0 Å². The predicted molar refractivity (Wildman–Crippen MR) is 106 cm³/mol. The van der Waals surface area contributed by atoms with Gasteiger partial charge in [0.25, 0.3) is 5.91 Å². The summed E-state index contributed by atoms with van der Waals surface area (Å²) in [5.74, 6) is 0.723. The van der Waals surface area contributed by atoms with Crippen LogP contribution in [0.2, 0.25) is 5.02 Å². The Bertz CT molecular complexity index is 948. The molecule has 1 N–H and O–H groups in total. The van der Waals surface area contributed by atoms with Gasteiger partial charge in [-0.25, -0.2) is 0 Å². The average molecular weight is 384 g/mol. The van der Waals surface area contributed by atoms with Crippen molar-refractivity contribution in [3.8, 4) is 11.4 Å². The number of hydrogen-bond acceptors (Lipinski definition) is 4. The van der Waals surface area contributed by atoms with Crippen molar-refractivity contribution in [3.05, 3.63) is 70.1 Å². The third-order valence-corrected chi connectivity index (χ3v) is 4.81. The number of amides is 1. The smallest absolute Gasteiger partial charge is 0.251 e. The van der Waals surface area contributed by atoms with Gasteiger partial charge in [0.2, 0.25) is 11.7 Å². The molecule has 5 nitrogen and oxygen atoms in total. The molecule has 1 atom stereocenters. The number of halogens is 1. The first kappa shape index (κ1) is 19.1. The number of nitrogens with one attached hydrogen (secondary N) is 1. The van der Waals surface area contributed by atoms with Crippen LogP contribution >= 0.6 is 11.6 Å². The van der Waals surface area contributed by atoms with Crippen LogP contribution < -0.4 is 5.32 Å². The Hall–Kier alpha value is -2.66. The van der Waals surface area contributed by atoms with Crippen LogP contribution in [0.15, 0.2) is 47.0 Å². The van der Waals surface area contributed by atoms with Crippen molar-refractivity contribution in [2.45, 2.75) is 33.7 Å². The number of benzene rings is 2. The van der Waals surface area contributed by atoms with Crippen LogP contribution in [0.4, 0.5) is 0 Å². The molecular formula is C21H22ClN3O2. The molecule has 3 aromatic rings. The molecule has 1 amide bonds. The first-order valence-corrected chi connectivity index (χ1v) is 9.20. The molecule has 0 unspecified atom stereocenters. The quantitative estimate of drug-likeness (QED) is 0.662. The van der Waals surface area contributed by atoms with E-state index < -0.39 is 0 Å². The second kappa shape index (κ2) is 7.92. The lowest BCUT2D eigenvalue weighted by Gasteiger charge is -2.18. The molecule has 0 aliphatic heterocycles. The molecule has 0 fully saturated rings. The minimum Gasteiger partial charge on any atom is -0.340 e. The van der Waals surface area contributed by atoms with Crippen molar-refractivity contribution in [2.75, 3.05) is 0 Å². The van der Waals surface area contributed by atoms with Crippen molar-refractivity contribution in [3.63, 3.8) is 0 Å². The number of carbonyl (C=O) groups excluding carboxylic acids is 1. The summed E-state index contributed by atoms with van der Waals surface area (Å²) < 4.78 is 5.45. The van der Waals surface area contributed by atoms with Gasteiger partial charge in [-0.1, -0.05) is 60.4 Å². The van der Waals surface area contributed by atoms with Crippen LogP contribution in [0.1, 0.15) is 47.3 Å². The fraction of sp³-hybridized carbons (Fsp3) is 0.286. The second-order valence-corrected chi connectivity index (χ2v) is 7.39. The van der Waals surface area contributed by atoms with E-state index in [1.54, 1.807) is 18.2 Å². The SMILES string of the molecule is Cc1ccc(C(=O)N[C@H](c2nc(-c3ccc(C)c(Cl)c3)no2)C(C)C)cc1. The highest BCUT2D eigenvalue weighted by atomic mass is 35.5. The average Bonchev–Trinajstić information content (AvgIpc) is 3.11. The molecule has 0 aliphatic carbocycles. The Morgan fingerprint density at radius 3 is 2.44 bits per heavy atom. The van der Waals surface area contributed by atoms with E-state index in [1.165, 1.54) is 0 Å². The van der Waals surface area contributed by atoms with E-state index in [1.807, 2.05) is 52.0 Å². The zero-order valence-electron chi connectivity index (χ0n) is 15.8. The van der Waals surface area contributed by atoms with Gasteiger partial charge in [0.1, 0.15) is 6.04 Å². The summed E-state index contributed by atoms with van der Waals surface area (Å²) >= 11 is 6.19. The van der Waals surface area contributed by atoms with E-state index in [-0.39, 0.29) is 17.9 Å². The fourth-order valence-electron chi connectivity index (χ4n) is 2.65. The second-order valence-electron chi connectivity index (χ2n) is 6.98. The van der Waals surface area contributed by atoms with E-state index in [0.29, 0.717) is 22.3 Å². The minimum absolute atomic E-state index is 0.0781. The topological polar surface area (TPSA) is 68.0 Å². The number of rotatable bonds is 5. The highest BCUT2D eigenvalue weighted by Crippen LogP contribution is 2.26. The molecule has 0 saturated carbocycles. The Kier molecular flexibility index (Phi) is 5.61. The molecule has 0 saturated heterocycles. The first-order chi connectivity index (χ1) is 12.8. The summed E-state index contributed by atoms with van der Waals surface area (Å²) in [5, 5.41) is 7.69. The van der Waals surface area contributed by atoms with Crippen LogP contribution in [0.5, 0.6) is 0 Å². The molecule has 0 spiro atoms. The van der Waals surface area contributed by atoms with Gasteiger partial charge in [0.05, 0.1) is 0 Å². The zero-order valence-corrected chi connectivity index (χ0v) is 16.5. The summed E-state index contributed by atoms with van der Waals surface area (Å²) in [6.45, 7) is 7.90. The Balaban J connectivity index is 1.83. The Morgan fingerprint density at radius 1 is 1.11 bits per heavy atom. The number of nitrogens with zero attached hydrogens (tertiary/aromatic N) is 2. The molecule has 0 radical (unpaired) electrons. The summed E-state index contributed by atoms with van der Waals surface area (Å²) in [7, 11) is 0. The van der Waals surface area contributed by atoms with Gasteiger partial charge in [0, 0.05) is 16.1 Å². The molecule has 6 heteroatoms. The van der Waals surface area contributed by atoms with E-state index in [9.17, 15) is 4.79 Å². The maximum Gasteiger partial charge on any atom is 0.251 e. The molecule has 27 heavy (non-hydrogen) atoms. The summed E-state index contributed by atoms with van der Waals surface area (Å²) in [6.07, 6.45) is 0. The van der Waals surface area contributed by atoms with Gasteiger partial charge < -0.3 is 9.84 Å². The number of carbonyl (C=O) groups is 1. The maximum absolute atomic E-state index is 12.6. The number of aryl methyl sites for hydroxylation is 2. The van der Waals surface area contributed by atoms with Crippen molar-refractivity contribution in [1.29, 1.82) is 0 Å². The standard InChI is InChI=1S/C21H22ClN3O2/c1-12(2)18(23-20(26)15-8-5-13(3)6-9-15)21-24-19(25-27-21)16-10-7-14(4)17(22)11-16/h5-12,18H,1-4H3,(H,23,26)/t18-/m0/s1. The fourth-order valence-corrected chi connectivity index (χ4v) is 2.83. The maximum atomic E-state index is 12.6.